The third-order valence-corrected chi connectivity index (χ3v) is 12.3. The van der Waals surface area contributed by atoms with Gasteiger partial charge in [-0.25, -0.2) is 9.59 Å². The van der Waals surface area contributed by atoms with Crippen LogP contribution in [0, 0.1) is 48.8 Å². The number of hydrogen-bond donors (Lipinski definition) is 1. The third kappa shape index (κ3) is 3.87. The van der Waals surface area contributed by atoms with Crippen molar-refractivity contribution in [3.63, 3.8) is 0 Å². The predicted molar refractivity (Wildman–Crippen MR) is 150 cm³/mol. The molecule has 5 fully saturated rings. The smallest absolute Gasteiger partial charge is 0.338 e. The first-order chi connectivity index (χ1) is 20.9. The van der Waals surface area contributed by atoms with Gasteiger partial charge in [0.15, 0.2) is 6.29 Å². The summed E-state index contributed by atoms with van der Waals surface area (Å²) in [6.45, 7) is 2.66. The Hall–Kier alpha value is -3.42. The maximum atomic E-state index is 13.1. The van der Waals surface area contributed by atoms with Crippen LogP contribution >= 0.6 is 0 Å². The molecule has 13 nitrogen and oxygen atoms in total. The molecule has 1 N–H and O–H groups in total. The molecule has 0 aromatic heterocycles. The van der Waals surface area contributed by atoms with E-state index in [0.29, 0.717) is 32.3 Å². The highest BCUT2D eigenvalue weighted by atomic mass is 16.7. The van der Waals surface area contributed by atoms with Gasteiger partial charge in [0, 0.05) is 37.7 Å². The van der Waals surface area contributed by atoms with E-state index in [9.17, 15) is 34.9 Å². The first kappa shape index (κ1) is 29.3. The quantitative estimate of drug-likeness (QED) is 0.274. The summed E-state index contributed by atoms with van der Waals surface area (Å²) in [7, 11) is 1.60. The van der Waals surface area contributed by atoms with E-state index < -0.39 is 56.2 Å². The van der Waals surface area contributed by atoms with Gasteiger partial charge in [-0.2, -0.15) is 0 Å². The van der Waals surface area contributed by atoms with Crippen molar-refractivity contribution in [2.75, 3.05) is 13.7 Å². The largest absolute Gasteiger partial charge is 0.459 e. The van der Waals surface area contributed by atoms with Crippen molar-refractivity contribution in [2.45, 2.75) is 88.3 Å². The van der Waals surface area contributed by atoms with Crippen LogP contribution in [0.25, 0.3) is 0 Å². The molecule has 7 rings (SSSR count). The average Bonchev–Trinajstić information content (AvgIpc) is 3.63. The summed E-state index contributed by atoms with van der Waals surface area (Å²) in [6.07, 6.45) is 6.06. The van der Waals surface area contributed by atoms with Crippen molar-refractivity contribution in [1.82, 2.24) is 0 Å². The van der Waals surface area contributed by atoms with Crippen molar-refractivity contribution in [3.8, 4) is 0 Å². The minimum Gasteiger partial charge on any atom is -0.459 e. The number of fused-ring (bicyclic) bond motifs is 1. The van der Waals surface area contributed by atoms with Crippen LogP contribution in [0.3, 0.4) is 0 Å². The number of nitro groups is 2. The molecule has 0 amide bonds. The van der Waals surface area contributed by atoms with Gasteiger partial charge >= 0.3 is 11.9 Å². The average molecular weight is 613 g/mol. The summed E-state index contributed by atoms with van der Waals surface area (Å²) in [6, 6.07) is 2.72. The van der Waals surface area contributed by atoms with E-state index in [0.717, 1.165) is 49.5 Å². The SMILES string of the molecule is COC1OC23CCC4(O)CC(OC(=O)c5cc([N+](=O)[O-])cc([N+](=O)[O-])c5)CCC14C2CCC1(C)C(C2=CC(=O)OC2)CCC13. The molecule has 4 aliphatic carbocycles. The highest BCUT2D eigenvalue weighted by Gasteiger charge is 2.79. The van der Waals surface area contributed by atoms with Gasteiger partial charge in [-0.15, -0.1) is 0 Å². The normalized spacial score (nSPS) is 42.0. The van der Waals surface area contributed by atoms with E-state index in [2.05, 4.69) is 6.92 Å². The van der Waals surface area contributed by atoms with Gasteiger partial charge in [-0.3, -0.25) is 20.2 Å². The van der Waals surface area contributed by atoms with Gasteiger partial charge < -0.3 is 24.1 Å². The number of benzene rings is 1. The number of rotatable bonds is 6. The molecule has 9 atom stereocenters. The molecule has 1 spiro atoms. The molecule has 44 heavy (non-hydrogen) atoms. The van der Waals surface area contributed by atoms with Gasteiger partial charge in [0.05, 0.1) is 38.1 Å². The predicted octanol–water partition coefficient (Wildman–Crippen LogP) is 4.39. The lowest BCUT2D eigenvalue weighted by Gasteiger charge is -2.63. The fraction of sp³-hybridized carbons (Fsp3) is 0.677. The Labute approximate surface area is 253 Å². The monoisotopic (exact) mass is 612 g/mol. The van der Waals surface area contributed by atoms with Crippen LogP contribution in [-0.4, -0.2) is 64.2 Å². The number of aliphatic hydroxyl groups is 1. The van der Waals surface area contributed by atoms with Crippen LogP contribution in [0.2, 0.25) is 0 Å². The molecular formula is C31H36N2O11. The van der Waals surface area contributed by atoms with Crippen LogP contribution in [-0.2, 0) is 23.7 Å². The van der Waals surface area contributed by atoms with Crippen LogP contribution in [0.4, 0.5) is 11.4 Å². The Morgan fingerprint density at radius 2 is 1.73 bits per heavy atom. The molecule has 4 saturated carbocycles. The van der Waals surface area contributed by atoms with Crippen LogP contribution in [0.1, 0.15) is 75.1 Å². The number of cyclic esters (lactones) is 1. The fourth-order valence-electron chi connectivity index (χ4n) is 10.6. The zero-order chi connectivity index (χ0) is 31.2. The van der Waals surface area contributed by atoms with Gasteiger partial charge in [0.25, 0.3) is 11.4 Å². The topological polar surface area (TPSA) is 178 Å². The molecule has 2 heterocycles. The van der Waals surface area contributed by atoms with Crippen molar-refractivity contribution in [3.05, 3.63) is 55.6 Å². The van der Waals surface area contributed by atoms with E-state index in [1.165, 1.54) is 0 Å². The van der Waals surface area contributed by atoms with E-state index >= 15 is 0 Å². The lowest BCUT2D eigenvalue weighted by Crippen LogP contribution is -2.67. The van der Waals surface area contributed by atoms with Gasteiger partial charge in [-0.1, -0.05) is 6.92 Å². The summed E-state index contributed by atoms with van der Waals surface area (Å²) < 4.78 is 24.0. The molecule has 1 aromatic carbocycles. The third-order valence-electron chi connectivity index (χ3n) is 12.3. The molecule has 9 unspecified atom stereocenters. The Kier molecular flexibility index (Phi) is 6.52. The fourth-order valence-corrected chi connectivity index (χ4v) is 10.6. The van der Waals surface area contributed by atoms with Gasteiger partial charge in [0.1, 0.15) is 12.7 Å². The summed E-state index contributed by atoms with van der Waals surface area (Å²) >= 11 is 0. The minimum absolute atomic E-state index is 0.0297. The van der Waals surface area contributed by atoms with E-state index in [4.69, 9.17) is 18.9 Å². The molecule has 0 radical (unpaired) electrons. The number of nitro benzene ring substituents is 2. The van der Waals surface area contributed by atoms with Crippen LogP contribution in [0.5, 0.6) is 0 Å². The zero-order valence-electron chi connectivity index (χ0n) is 24.7. The van der Waals surface area contributed by atoms with E-state index in [-0.39, 0.29) is 41.1 Å². The zero-order valence-corrected chi connectivity index (χ0v) is 24.7. The molecule has 236 valence electrons. The van der Waals surface area contributed by atoms with Crippen LogP contribution in [0.15, 0.2) is 29.8 Å². The summed E-state index contributed by atoms with van der Waals surface area (Å²) in [5.74, 6) is -0.708. The Balaban J connectivity index is 1.15. The Morgan fingerprint density at radius 3 is 2.36 bits per heavy atom. The second-order valence-electron chi connectivity index (χ2n) is 13.8. The summed E-state index contributed by atoms with van der Waals surface area (Å²) in [5, 5.41) is 35.1. The van der Waals surface area contributed by atoms with Gasteiger partial charge in [0.2, 0.25) is 0 Å². The highest BCUT2D eigenvalue weighted by molar-refractivity contribution is 5.91. The molecule has 2 aliphatic heterocycles. The number of hydrogen-bond acceptors (Lipinski definition) is 11. The molecule has 13 heteroatoms. The number of non-ortho nitro benzene ring substituents is 2. The second kappa shape index (κ2) is 9.79. The lowest BCUT2D eigenvalue weighted by molar-refractivity contribution is -0.394. The van der Waals surface area contributed by atoms with Crippen molar-refractivity contribution in [2.24, 2.45) is 28.6 Å². The van der Waals surface area contributed by atoms with Crippen LogP contribution < -0.4 is 0 Å². The molecule has 2 bridgehead atoms. The molecule has 1 aromatic rings. The van der Waals surface area contributed by atoms with Gasteiger partial charge in [-0.05, 0) is 74.2 Å². The van der Waals surface area contributed by atoms with Crippen molar-refractivity contribution < 1.29 is 43.5 Å². The maximum absolute atomic E-state index is 13.1. The first-order valence-corrected chi connectivity index (χ1v) is 15.3. The summed E-state index contributed by atoms with van der Waals surface area (Å²) in [4.78, 5) is 46.1. The van der Waals surface area contributed by atoms with Crippen molar-refractivity contribution in [1.29, 1.82) is 0 Å². The number of esters is 2. The summed E-state index contributed by atoms with van der Waals surface area (Å²) in [5.41, 5.74) is -2.91. The Morgan fingerprint density at radius 1 is 1.00 bits per heavy atom. The minimum atomic E-state index is -1.25. The number of carbonyl (C=O) groups is 2. The molecule has 1 saturated heterocycles. The number of carbonyl (C=O) groups excluding carboxylic acids is 2. The highest BCUT2D eigenvalue weighted by Crippen LogP contribution is 2.76. The molecule has 6 aliphatic rings. The number of ether oxygens (including phenoxy) is 4. The van der Waals surface area contributed by atoms with E-state index in [1.54, 1.807) is 13.2 Å². The first-order valence-electron chi connectivity index (χ1n) is 15.3. The Bertz CT molecular complexity index is 1460. The number of nitrogens with zero attached hydrogens (tertiary/aromatic N) is 2. The lowest BCUT2D eigenvalue weighted by atomic mass is 9.42. The second-order valence-corrected chi connectivity index (χ2v) is 13.8. The molecular weight excluding hydrogens is 576 g/mol. The van der Waals surface area contributed by atoms with Crippen molar-refractivity contribution >= 4 is 23.3 Å². The standard InChI is InChI=1S/C31H36N2O11/c1-28-7-6-24-30-8-5-21(43-26(35)17-11-19(32(37)38)14-20(12-17)33(39)40)15-29(30,36)9-10-31(24,44-27(30)41-2)23(28)4-3-22(28)18-13-25(34)42-16-18/h11-14,21-24,27,36H,3-10,15-16H2,1-2H3. The van der Waals surface area contributed by atoms with E-state index in [1.807, 2.05) is 0 Å². The number of methoxy groups -OCH3 is 1. The maximum Gasteiger partial charge on any atom is 0.338 e.